The molecule has 1 fully saturated rings. The van der Waals surface area contributed by atoms with Gasteiger partial charge in [-0.25, -0.2) is 0 Å². The maximum absolute atomic E-state index is 12.1. The molecule has 0 aliphatic heterocycles. The number of amides is 1. The number of rotatable bonds is 2. The summed E-state index contributed by atoms with van der Waals surface area (Å²) in [7, 11) is 0. The highest BCUT2D eigenvalue weighted by Crippen LogP contribution is 2.27. The molecule has 2 unspecified atom stereocenters. The average Bonchev–Trinajstić information content (AvgIpc) is 2.70. The lowest BCUT2D eigenvalue weighted by molar-refractivity contribution is -0.120. The number of carbonyl (C=O) groups is 1. The fourth-order valence-corrected chi connectivity index (χ4v) is 2.44. The minimum atomic E-state index is -0.0617. The first-order chi connectivity index (χ1) is 8.08. The molecular formula is C13H17ClN2O. The van der Waals surface area contributed by atoms with Crippen LogP contribution in [0.2, 0.25) is 5.02 Å². The SMILES string of the molecule is Cc1ccc(Cl)cc1NC(=O)C1CCCC1N. The quantitative estimate of drug-likeness (QED) is 0.850. The monoisotopic (exact) mass is 252 g/mol. The molecule has 1 aliphatic carbocycles. The normalized spacial score (nSPS) is 23.7. The molecule has 0 saturated heterocycles. The number of hydrogen-bond acceptors (Lipinski definition) is 2. The Morgan fingerprint density at radius 2 is 2.24 bits per heavy atom. The molecule has 1 aliphatic rings. The highest BCUT2D eigenvalue weighted by molar-refractivity contribution is 6.31. The molecular weight excluding hydrogens is 236 g/mol. The van der Waals surface area contributed by atoms with Gasteiger partial charge in [0.1, 0.15) is 0 Å². The van der Waals surface area contributed by atoms with Gasteiger partial charge >= 0.3 is 0 Å². The first-order valence-corrected chi connectivity index (χ1v) is 6.28. The summed E-state index contributed by atoms with van der Waals surface area (Å²) in [6, 6.07) is 5.48. The van der Waals surface area contributed by atoms with Crippen LogP contribution in [-0.2, 0) is 4.79 Å². The summed E-state index contributed by atoms with van der Waals surface area (Å²) in [6.45, 7) is 1.94. The lowest BCUT2D eigenvalue weighted by atomic mass is 10.0. The Balaban J connectivity index is 2.10. The molecule has 2 atom stereocenters. The third kappa shape index (κ3) is 2.79. The number of nitrogens with two attached hydrogens (primary N) is 1. The maximum atomic E-state index is 12.1. The van der Waals surface area contributed by atoms with Crippen LogP contribution in [0.25, 0.3) is 0 Å². The van der Waals surface area contributed by atoms with Crippen LogP contribution < -0.4 is 11.1 Å². The second kappa shape index (κ2) is 5.07. The number of halogens is 1. The van der Waals surface area contributed by atoms with Gasteiger partial charge in [-0.05, 0) is 37.5 Å². The fraction of sp³-hybridized carbons (Fsp3) is 0.462. The van der Waals surface area contributed by atoms with Gasteiger partial charge in [-0.2, -0.15) is 0 Å². The molecule has 3 nitrogen and oxygen atoms in total. The van der Waals surface area contributed by atoms with Crippen LogP contribution in [0.5, 0.6) is 0 Å². The molecule has 0 heterocycles. The number of hydrogen-bond donors (Lipinski definition) is 2. The van der Waals surface area contributed by atoms with Crippen LogP contribution in [0.15, 0.2) is 18.2 Å². The first kappa shape index (κ1) is 12.4. The molecule has 2 rings (SSSR count). The van der Waals surface area contributed by atoms with E-state index < -0.39 is 0 Å². The first-order valence-electron chi connectivity index (χ1n) is 5.90. The topological polar surface area (TPSA) is 55.1 Å². The van der Waals surface area contributed by atoms with Crippen molar-refractivity contribution >= 4 is 23.2 Å². The van der Waals surface area contributed by atoms with Crippen molar-refractivity contribution in [2.24, 2.45) is 11.7 Å². The van der Waals surface area contributed by atoms with Crippen molar-refractivity contribution in [1.29, 1.82) is 0 Å². The number of carbonyl (C=O) groups excluding carboxylic acids is 1. The average molecular weight is 253 g/mol. The third-order valence-electron chi connectivity index (χ3n) is 3.36. The van der Waals surface area contributed by atoms with E-state index in [1.165, 1.54) is 0 Å². The van der Waals surface area contributed by atoms with Crippen LogP contribution >= 0.6 is 11.6 Å². The van der Waals surface area contributed by atoms with Gasteiger partial charge in [0.2, 0.25) is 5.91 Å². The Kier molecular flexibility index (Phi) is 3.69. The molecule has 0 spiro atoms. The number of benzene rings is 1. The lowest BCUT2D eigenvalue weighted by Crippen LogP contribution is -2.34. The molecule has 0 aromatic heterocycles. The van der Waals surface area contributed by atoms with E-state index in [-0.39, 0.29) is 17.9 Å². The largest absolute Gasteiger partial charge is 0.327 e. The van der Waals surface area contributed by atoms with Gasteiger partial charge < -0.3 is 11.1 Å². The van der Waals surface area contributed by atoms with E-state index >= 15 is 0 Å². The van der Waals surface area contributed by atoms with E-state index in [9.17, 15) is 4.79 Å². The second-order valence-electron chi connectivity index (χ2n) is 4.65. The molecule has 0 bridgehead atoms. The zero-order chi connectivity index (χ0) is 12.4. The smallest absolute Gasteiger partial charge is 0.229 e. The predicted molar refractivity (Wildman–Crippen MR) is 70.1 cm³/mol. The minimum Gasteiger partial charge on any atom is -0.327 e. The van der Waals surface area contributed by atoms with Crippen molar-refractivity contribution in [2.75, 3.05) is 5.32 Å². The number of anilines is 1. The summed E-state index contributed by atoms with van der Waals surface area (Å²) in [5.41, 5.74) is 7.70. The Hall–Kier alpha value is -1.06. The Bertz CT molecular complexity index is 433. The summed E-state index contributed by atoms with van der Waals surface area (Å²) in [4.78, 5) is 12.1. The van der Waals surface area contributed by atoms with E-state index in [1.807, 2.05) is 19.1 Å². The molecule has 0 radical (unpaired) electrons. The van der Waals surface area contributed by atoms with Gasteiger partial charge in [0.05, 0.1) is 5.92 Å². The van der Waals surface area contributed by atoms with Gasteiger partial charge in [0, 0.05) is 16.8 Å². The molecule has 1 saturated carbocycles. The fourth-order valence-electron chi connectivity index (χ4n) is 2.27. The van der Waals surface area contributed by atoms with Gasteiger partial charge in [-0.1, -0.05) is 24.1 Å². The van der Waals surface area contributed by atoms with Gasteiger partial charge in [0.15, 0.2) is 0 Å². The van der Waals surface area contributed by atoms with Crippen LogP contribution in [0.4, 0.5) is 5.69 Å². The Morgan fingerprint density at radius 1 is 1.47 bits per heavy atom. The van der Waals surface area contributed by atoms with Gasteiger partial charge in [-0.3, -0.25) is 4.79 Å². The van der Waals surface area contributed by atoms with Gasteiger partial charge in [-0.15, -0.1) is 0 Å². The predicted octanol–water partition coefficient (Wildman–Crippen LogP) is 2.71. The summed E-state index contributed by atoms with van der Waals surface area (Å²) >= 11 is 5.91. The maximum Gasteiger partial charge on any atom is 0.229 e. The van der Waals surface area contributed by atoms with Crippen LogP contribution in [0.1, 0.15) is 24.8 Å². The number of nitrogens with one attached hydrogen (secondary N) is 1. The summed E-state index contributed by atoms with van der Waals surface area (Å²) in [5, 5.41) is 3.55. The molecule has 3 N–H and O–H groups in total. The summed E-state index contributed by atoms with van der Waals surface area (Å²) in [5.74, 6) is -0.0475. The van der Waals surface area contributed by atoms with Crippen molar-refractivity contribution in [3.8, 4) is 0 Å². The summed E-state index contributed by atoms with van der Waals surface area (Å²) in [6.07, 6.45) is 2.85. The molecule has 4 heteroatoms. The van der Waals surface area contributed by atoms with E-state index in [1.54, 1.807) is 6.07 Å². The minimum absolute atomic E-state index is 0.00510. The Labute approximate surface area is 106 Å². The highest BCUT2D eigenvalue weighted by Gasteiger charge is 2.30. The van der Waals surface area contributed by atoms with E-state index in [0.717, 1.165) is 30.5 Å². The van der Waals surface area contributed by atoms with E-state index in [4.69, 9.17) is 17.3 Å². The van der Waals surface area contributed by atoms with Crippen molar-refractivity contribution in [3.63, 3.8) is 0 Å². The molecule has 1 amide bonds. The summed E-state index contributed by atoms with van der Waals surface area (Å²) < 4.78 is 0. The molecule has 1 aromatic carbocycles. The second-order valence-corrected chi connectivity index (χ2v) is 5.09. The standard InChI is InChI=1S/C13H17ClN2O/c1-8-5-6-9(14)7-12(8)16-13(17)10-3-2-4-11(10)15/h5-7,10-11H,2-4,15H2,1H3,(H,16,17). The highest BCUT2D eigenvalue weighted by atomic mass is 35.5. The third-order valence-corrected chi connectivity index (χ3v) is 3.60. The molecule has 17 heavy (non-hydrogen) atoms. The van der Waals surface area contributed by atoms with Crippen molar-refractivity contribution in [3.05, 3.63) is 28.8 Å². The van der Waals surface area contributed by atoms with Crippen LogP contribution in [0.3, 0.4) is 0 Å². The van der Waals surface area contributed by atoms with E-state index in [0.29, 0.717) is 5.02 Å². The molecule has 1 aromatic rings. The Morgan fingerprint density at radius 3 is 2.88 bits per heavy atom. The van der Waals surface area contributed by atoms with E-state index in [2.05, 4.69) is 5.32 Å². The van der Waals surface area contributed by atoms with Crippen molar-refractivity contribution in [1.82, 2.24) is 0 Å². The van der Waals surface area contributed by atoms with Gasteiger partial charge in [0.25, 0.3) is 0 Å². The zero-order valence-corrected chi connectivity index (χ0v) is 10.6. The lowest BCUT2D eigenvalue weighted by Gasteiger charge is -2.16. The van der Waals surface area contributed by atoms with Crippen LogP contribution in [-0.4, -0.2) is 11.9 Å². The number of aryl methyl sites for hydroxylation is 1. The van der Waals surface area contributed by atoms with Crippen LogP contribution in [0, 0.1) is 12.8 Å². The van der Waals surface area contributed by atoms with Crippen molar-refractivity contribution in [2.45, 2.75) is 32.2 Å². The molecule has 92 valence electrons. The van der Waals surface area contributed by atoms with Crippen molar-refractivity contribution < 1.29 is 4.79 Å². The zero-order valence-electron chi connectivity index (χ0n) is 9.87.